The molecule has 0 bridgehead atoms. The number of carbonyl (C=O) groups excluding carboxylic acids is 1. The van der Waals surface area contributed by atoms with Crippen LogP contribution in [-0.2, 0) is 16.1 Å². The molecule has 5 nitrogen and oxygen atoms in total. The van der Waals surface area contributed by atoms with Crippen molar-refractivity contribution >= 4 is 33.6 Å². The summed E-state index contributed by atoms with van der Waals surface area (Å²) in [5, 5.41) is 15.4. The van der Waals surface area contributed by atoms with Gasteiger partial charge in [-0.2, -0.15) is 0 Å². The quantitative estimate of drug-likeness (QED) is 0.443. The molecule has 1 amide bonds. The van der Waals surface area contributed by atoms with Crippen molar-refractivity contribution in [3.8, 4) is 11.1 Å². The van der Waals surface area contributed by atoms with Gasteiger partial charge < -0.3 is 15.0 Å². The van der Waals surface area contributed by atoms with Crippen molar-refractivity contribution < 1.29 is 14.7 Å². The van der Waals surface area contributed by atoms with E-state index < -0.39 is 12.0 Å². The van der Waals surface area contributed by atoms with Crippen LogP contribution < -0.4 is 5.32 Å². The molecule has 3 aromatic carbocycles. The van der Waals surface area contributed by atoms with Gasteiger partial charge in [0.05, 0.1) is 0 Å². The molecule has 4 aromatic rings. The van der Waals surface area contributed by atoms with Gasteiger partial charge in [0.1, 0.15) is 12.6 Å². The molecule has 0 spiro atoms. The molecule has 1 atom stereocenters. The molecule has 0 saturated carbocycles. The molecule has 31 heavy (non-hydrogen) atoms. The van der Waals surface area contributed by atoms with Gasteiger partial charge in [0.15, 0.2) is 0 Å². The zero-order valence-electron chi connectivity index (χ0n) is 17.7. The van der Waals surface area contributed by atoms with E-state index in [4.69, 9.17) is 0 Å². The topological polar surface area (TPSA) is 71.3 Å². The van der Waals surface area contributed by atoms with Gasteiger partial charge in [0.2, 0.25) is 5.91 Å². The molecule has 0 fully saturated rings. The van der Waals surface area contributed by atoms with Crippen LogP contribution >= 0.6 is 0 Å². The van der Waals surface area contributed by atoms with Gasteiger partial charge in [-0.1, -0.05) is 62.4 Å². The number of carbonyl (C=O) groups is 2. The second-order valence-corrected chi connectivity index (χ2v) is 8.33. The summed E-state index contributed by atoms with van der Waals surface area (Å²) in [5.74, 6) is -1.12. The van der Waals surface area contributed by atoms with Crippen molar-refractivity contribution in [3.63, 3.8) is 0 Å². The number of rotatable bonds is 7. The second-order valence-electron chi connectivity index (χ2n) is 8.33. The summed E-state index contributed by atoms with van der Waals surface area (Å²) in [7, 11) is 0. The minimum atomic E-state index is -1.00. The Labute approximate surface area is 181 Å². The van der Waals surface area contributed by atoms with Gasteiger partial charge in [0, 0.05) is 17.1 Å². The van der Waals surface area contributed by atoms with Crippen LogP contribution in [-0.4, -0.2) is 27.6 Å². The lowest BCUT2D eigenvalue weighted by atomic mass is 9.97. The number of hydrogen-bond donors (Lipinski definition) is 2. The van der Waals surface area contributed by atoms with Gasteiger partial charge in [-0.15, -0.1) is 0 Å². The Bertz CT molecular complexity index is 1250. The minimum Gasteiger partial charge on any atom is -0.480 e. The Morgan fingerprint density at radius 2 is 1.74 bits per heavy atom. The maximum absolute atomic E-state index is 12.5. The Hall–Kier alpha value is -3.60. The van der Waals surface area contributed by atoms with Crippen molar-refractivity contribution in [2.45, 2.75) is 32.9 Å². The van der Waals surface area contributed by atoms with Crippen molar-refractivity contribution in [3.05, 3.63) is 72.9 Å². The number of fused-ring (bicyclic) bond motifs is 2. The fourth-order valence-corrected chi connectivity index (χ4v) is 4.07. The fraction of sp³-hybridized carbons (Fsp3) is 0.231. The third kappa shape index (κ3) is 4.45. The van der Waals surface area contributed by atoms with E-state index >= 15 is 0 Å². The molecule has 1 aromatic heterocycles. The molecular formula is C26H26N2O3. The first-order valence-corrected chi connectivity index (χ1v) is 10.5. The third-order valence-corrected chi connectivity index (χ3v) is 5.53. The van der Waals surface area contributed by atoms with Crippen LogP contribution in [0.4, 0.5) is 0 Å². The minimum absolute atomic E-state index is 0.0823. The number of carboxylic acids is 1. The zero-order chi connectivity index (χ0) is 22.0. The number of hydrogen-bond acceptors (Lipinski definition) is 2. The Morgan fingerprint density at radius 1 is 0.968 bits per heavy atom. The van der Waals surface area contributed by atoms with Crippen LogP contribution in [0, 0.1) is 5.92 Å². The van der Waals surface area contributed by atoms with E-state index in [0.29, 0.717) is 6.42 Å². The molecular weight excluding hydrogens is 388 g/mol. The molecule has 5 heteroatoms. The monoisotopic (exact) mass is 414 g/mol. The third-order valence-electron chi connectivity index (χ3n) is 5.53. The molecule has 0 aliphatic carbocycles. The molecule has 0 aliphatic rings. The molecule has 4 rings (SSSR count). The Balaban J connectivity index is 1.58. The van der Waals surface area contributed by atoms with E-state index in [9.17, 15) is 14.7 Å². The van der Waals surface area contributed by atoms with Crippen LogP contribution in [0.25, 0.3) is 32.8 Å². The van der Waals surface area contributed by atoms with Crippen molar-refractivity contribution in [1.29, 1.82) is 0 Å². The van der Waals surface area contributed by atoms with E-state index in [0.717, 1.165) is 16.5 Å². The fourth-order valence-electron chi connectivity index (χ4n) is 4.07. The lowest BCUT2D eigenvalue weighted by Crippen LogP contribution is -2.43. The van der Waals surface area contributed by atoms with Crippen molar-refractivity contribution in [2.75, 3.05) is 0 Å². The highest BCUT2D eigenvalue weighted by atomic mass is 16.4. The summed E-state index contributed by atoms with van der Waals surface area (Å²) < 4.78 is 1.85. The summed E-state index contributed by atoms with van der Waals surface area (Å²) in [6.07, 6.45) is 2.28. The molecule has 2 N–H and O–H groups in total. The first-order valence-electron chi connectivity index (χ1n) is 10.5. The Kier molecular flexibility index (Phi) is 5.76. The number of nitrogens with zero attached hydrogens (tertiary/aromatic N) is 1. The van der Waals surface area contributed by atoms with Crippen LogP contribution in [0.5, 0.6) is 0 Å². The van der Waals surface area contributed by atoms with E-state index in [1.165, 1.54) is 16.3 Å². The summed E-state index contributed by atoms with van der Waals surface area (Å²) in [6, 6.07) is 21.9. The summed E-state index contributed by atoms with van der Waals surface area (Å²) in [4.78, 5) is 23.9. The lowest BCUT2D eigenvalue weighted by Gasteiger charge is -2.17. The lowest BCUT2D eigenvalue weighted by molar-refractivity contribution is -0.142. The number of benzene rings is 3. The first-order chi connectivity index (χ1) is 14.9. The number of nitrogens with one attached hydrogen (secondary N) is 1. The van der Waals surface area contributed by atoms with Gasteiger partial charge in [-0.25, -0.2) is 4.79 Å². The van der Waals surface area contributed by atoms with E-state index in [1.54, 1.807) is 0 Å². The average Bonchev–Trinajstić information content (AvgIpc) is 3.14. The smallest absolute Gasteiger partial charge is 0.326 e. The SMILES string of the molecule is CC(C)C[C@@H](NC(=O)Cn1ccc2cc(-c3cccc4ccccc34)ccc21)C(=O)O. The molecule has 158 valence electrons. The highest BCUT2D eigenvalue weighted by Gasteiger charge is 2.21. The summed E-state index contributed by atoms with van der Waals surface area (Å²) >= 11 is 0. The number of aliphatic carboxylic acids is 1. The summed E-state index contributed by atoms with van der Waals surface area (Å²) in [5.41, 5.74) is 3.23. The number of carboxylic acid groups (broad SMARTS) is 1. The molecule has 0 radical (unpaired) electrons. The first kappa shape index (κ1) is 20.7. The number of aromatic nitrogens is 1. The highest BCUT2D eigenvalue weighted by molar-refractivity contribution is 5.98. The molecule has 0 saturated heterocycles. The zero-order valence-corrected chi connectivity index (χ0v) is 17.7. The summed E-state index contributed by atoms with van der Waals surface area (Å²) in [6.45, 7) is 3.96. The maximum atomic E-state index is 12.5. The maximum Gasteiger partial charge on any atom is 0.326 e. The standard InChI is InChI=1S/C26H26N2O3/c1-17(2)14-23(26(30)31)27-25(29)16-28-13-12-20-15-19(10-11-24(20)28)22-9-5-7-18-6-3-4-8-21(18)22/h3-13,15,17,23H,14,16H2,1-2H3,(H,27,29)(H,30,31)/t23-/m1/s1. The normalized spacial score (nSPS) is 12.4. The predicted octanol–water partition coefficient (Wildman–Crippen LogP) is 5.08. The van der Waals surface area contributed by atoms with E-state index in [2.05, 4.69) is 47.8 Å². The number of amides is 1. The van der Waals surface area contributed by atoms with Crippen LogP contribution in [0.3, 0.4) is 0 Å². The van der Waals surface area contributed by atoms with E-state index in [1.807, 2.05) is 48.9 Å². The van der Waals surface area contributed by atoms with Crippen molar-refractivity contribution in [2.24, 2.45) is 5.92 Å². The van der Waals surface area contributed by atoms with Gasteiger partial charge in [-0.3, -0.25) is 4.79 Å². The largest absolute Gasteiger partial charge is 0.480 e. The molecule has 0 unspecified atom stereocenters. The van der Waals surface area contributed by atoms with Crippen LogP contribution in [0.1, 0.15) is 20.3 Å². The van der Waals surface area contributed by atoms with Crippen LogP contribution in [0.15, 0.2) is 72.9 Å². The highest BCUT2D eigenvalue weighted by Crippen LogP contribution is 2.31. The average molecular weight is 415 g/mol. The van der Waals surface area contributed by atoms with Gasteiger partial charge in [-0.05, 0) is 52.4 Å². The van der Waals surface area contributed by atoms with E-state index in [-0.39, 0.29) is 18.4 Å². The predicted molar refractivity (Wildman–Crippen MR) is 124 cm³/mol. The van der Waals surface area contributed by atoms with Gasteiger partial charge >= 0.3 is 5.97 Å². The molecule has 0 aliphatic heterocycles. The van der Waals surface area contributed by atoms with Gasteiger partial charge in [0.25, 0.3) is 0 Å². The molecule has 1 heterocycles. The van der Waals surface area contributed by atoms with Crippen LogP contribution in [0.2, 0.25) is 0 Å². The van der Waals surface area contributed by atoms with Crippen molar-refractivity contribution in [1.82, 2.24) is 9.88 Å². The Morgan fingerprint density at radius 3 is 2.52 bits per heavy atom. The second kappa shape index (κ2) is 8.64.